The standard InChI is InChI=1S/C12H15ClN2O/c1-3-6-15-8(2)14-11-5-4-9(13)7-10(11)12(15)16/h4-5,7-8,14H,3,6H2,1-2H3. The molecule has 1 aliphatic heterocycles. The number of benzene rings is 1. The predicted molar refractivity (Wildman–Crippen MR) is 65.9 cm³/mol. The molecule has 2 rings (SSSR count). The smallest absolute Gasteiger partial charge is 0.257 e. The topological polar surface area (TPSA) is 32.3 Å². The molecule has 16 heavy (non-hydrogen) atoms. The number of rotatable bonds is 2. The fraction of sp³-hybridized carbons (Fsp3) is 0.417. The monoisotopic (exact) mass is 238 g/mol. The second kappa shape index (κ2) is 4.34. The van der Waals surface area contributed by atoms with Crippen molar-refractivity contribution in [1.82, 2.24) is 4.90 Å². The molecule has 1 heterocycles. The van der Waals surface area contributed by atoms with Crippen LogP contribution in [0.4, 0.5) is 5.69 Å². The molecule has 1 unspecified atom stereocenters. The van der Waals surface area contributed by atoms with Crippen molar-refractivity contribution in [3.63, 3.8) is 0 Å². The largest absolute Gasteiger partial charge is 0.365 e. The van der Waals surface area contributed by atoms with E-state index in [9.17, 15) is 4.79 Å². The Balaban J connectivity index is 2.38. The molecule has 0 fully saturated rings. The Bertz CT molecular complexity index is 419. The Labute approximate surface area is 100 Å². The summed E-state index contributed by atoms with van der Waals surface area (Å²) in [6, 6.07) is 5.37. The second-order valence-electron chi connectivity index (χ2n) is 4.01. The first-order chi connectivity index (χ1) is 7.63. The van der Waals surface area contributed by atoms with Gasteiger partial charge in [-0.1, -0.05) is 18.5 Å². The van der Waals surface area contributed by atoms with Crippen LogP contribution in [0.3, 0.4) is 0 Å². The summed E-state index contributed by atoms with van der Waals surface area (Å²) in [6.45, 7) is 4.82. The van der Waals surface area contributed by atoms with Crippen LogP contribution >= 0.6 is 11.6 Å². The lowest BCUT2D eigenvalue weighted by molar-refractivity contribution is 0.0698. The third-order valence-electron chi connectivity index (χ3n) is 2.77. The predicted octanol–water partition coefficient (Wildman–Crippen LogP) is 2.96. The van der Waals surface area contributed by atoms with Gasteiger partial charge in [0, 0.05) is 17.3 Å². The van der Waals surface area contributed by atoms with E-state index in [1.54, 1.807) is 12.1 Å². The quantitative estimate of drug-likeness (QED) is 0.859. The van der Waals surface area contributed by atoms with Crippen LogP contribution in [0.2, 0.25) is 5.02 Å². The molecule has 1 aromatic carbocycles. The Morgan fingerprint density at radius 3 is 2.94 bits per heavy atom. The summed E-state index contributed by atoms with van der Waals surface area (Å²) in [7, 11) is 0. The zero-order valence-corrected chi connectivity index (χ0v) is 10.2. The number of hydrogen-bond donors (Lipinski definition) is 1. The van der Waals surface area contributed by atoms with E-state index >= 15 is 0 Å². The average Bonchev–Trinajstić information content (AvgIpc) is 2.26. The summed E-state index contributed by atoms with van der Waals surface area (Å²) < 4.78 is 0. The maximum absolute atomic E-state index is 12.2. The van der Waals surface area contributed by atoms with Crippen molar-refractivity contribution in [1.29, 1.82) is 0 Å². The number of carbonyl (C=O) groups is 1. The van der Waals surface area contributed by atoms with Gasteiger partial charge >= 0.3 is 0 Å². The molecule has 1 atom stereocenters. The molecule has 0 spiro atoms. The van der Waals surface area contributed by atoms with E-state index in [-0.39, 0.29) is 12.1 Å². The molecular weight excluding hydrogens is 224 g/mol. The molecule has 0 saturated carbocycles. The average molecular weight is 239 g/mol. The van der Waals surface area contributed by atoms with Crippen molar-refractivity contribution in [3.05, 3.63) is 28.8 Å². The van der Waals surface area contributed by atoms with E-state index in [0.717, 1.165) is 18.7 Å². The number of nitrogens with zero attached hydrogens (tertiary/aromatic N) is 1. The maximum Gasteiger partial charge on any atom is 0.257 e. The summed E-state index contributed by atoms with van der Waals surface area (Å²) in [5.41, 5.74) is 1.54. The van der Waals surface area contributed by atoms with Crippen molar-refractivity contribution in [3.8, 4) is 0 Å². The van der Waals surface area contributed by atoms with Crippen LogP contribution in [0.15, 0.2) is 18.2 Å². The fourth-order valence-corrected chi connectivity index (χ4v) is 2.16. The van der Waals surface area contributed by atoms with Crippen LogP contribution < -0.4 is 5.32 Å². The highest BCUT2D eigenvalue weighted by molar-refractivity contribution is 6.31. The van der Waals surface area contributed by atoms with Gasteiger partial charge in [-0.25, -0.2) is 0 Å². The van der Waals surface area contributed by atoms with Gasteiger partial charge in [0.2, 0.25) is 0 Å². The SMILES string of the molecule is CCCN1C(=O)c2cc(Cl)ccc2NC1C. The van der Waals surface area contributed by atoms with Crippen molar-refractivity contribution >= 4 is 23.2 Å². The van der Waals surface area contributed by atoms with E-state index < -0.39 is 0 Å². The molecule has 0 aromatic heterocycles. The molecule has 0 radical (unpaired) electrons. The Kier molecular flexibility index (Phi) is 3.06. The van der Waals surface area contributed by atoms with Crippen LogP contribution in [0, 0.1) is 0 Å². The minimum atomic E-state index is 0.0427. The van der Waals surface area contributed by atoms with Crippen molar-refractivity contribution in [2.75, 3.05) is 11.9 Å². The lowest BCUT2D eigenvalue weighted by atomic mass is 10.1. The van der Waals surface area contributed by atoms with E-state index in [4.69, 9.17) is 11.6 Å². The summed E-state index contributed by atoms with van der Waals surface area (Å²) in [6.07, 6.45) is 0.995. The Hall–Kier alpha value is -1.22. The van der Waals surface area contributed by atoms with Gasteiger partial charge in [0.25, 0.3) is 5.91 Å². The highest BCUT2D eigenvalue weighted by atomic mass is 35.5. The number of hydrogen-bond acceptors (Lipinski definition) is 2. The van der Waals surface area contributed by atoms with Crippen LogP contribution in [-0.4, -0.2) is 23.5 Å². The molecular formula is C12H15ClN2O. The second-order valence-corrected chi connectivity index (χ2v) is 4.45. The molecule has 1 aliphatic rings. The Morgan fingerprint density at radius 2 is 2.25 bits per heavy atom. The number of halogens is 1. The zero-order chi connectivity index (χ0) is 11.7. The van der Waals surface area contributed by atoms with Gasteiger partial charge in [-0.05, 0) is 31.5 Å². The Morgan fingerprint density at radius 1 is 1.50 bits per heavy atom. The number of anilines is 1. The number of amides is 1. The summed E-state index contributed by atoms with van der Waals surface area (Å²) in [5, 5.41) is 3.90. The van der Waals surface area contributed by atoms with Gasteiger partial charge in [-0.3, -0.25) is 4.79 Å². The first-order valence-electron chi connectivity index (χ1n) is 5.50. The van der Waals surface area contributed by atoms with Gasteiger partial charge in [0.1, 0.15) is 0 Å². The van der Waals surface area contributed by atoms with Gasteiger partial charge < -0.3 is 10.2 Å². The normalized spacial score (nSPS) is 19.3. The first kappa shape index (κ1) is 11.3. The van der Waals surface area contributed by atoms with Gasteiger partial charge in [-0.2, -0.15) is 0 Å². The summed E-state index contributed by atoms with van der Waals surface area (Å²) >= 11 is 5.90. The number of nitrogens with one attached hydrogen (secondary N) is 1. The minimum absolute atomic E-state index is 0.0427. The first-order valence-corrected chi connectivity index (χ1v) is 5.88. The third-order valence-corrected chi connectivity index (χ3v) is 3.00. The lowest BCUT2D eigenvalue weighted by Crippen LogP contribution is -2.47. The summed E-state index contributed by atoms with van der Waals surface area (Å²) in [5.74, 6) is 0.0607. The molecule has 3 nitrogen and oxygen atoms in total. The van der Waals surface area contributed by atoms with E-state index in [1.807, 2.05) is 17.9 Å². The van der Waals surface area contributed by atoms with Crippen molar-refractivity contribution in [2.24, 2.45) is 0 Å². The molecule has 1 amide bonds. The number of carbonyl (C=O) groups excluding carboxylic acids is 1. The molecule has 0 saturated heterocycles. The maximum atomic E-state index is 12.2. The highest BCUT2D eigenvalue weighted by Crippen LogP contribution is 2.27. The van der Waals surface area contributed by atoms with E-state index in [2.05, 4.69) is 12.2 Å². The fourth-order valence-electron chi connectivity index (χ4n) is 1.99. The third kappa shape index (κ3) is 1.87. The molecule has 1 N–H and O–H groups in total. The molecule has 0 aliphatic carbocycles. The van der Waals surface area contributed by atoms with Gasteiger partial charge in [0.05, 0.1) is 11.7 Å². The van der Waals surface area contributed by atoms with E-state index in [0.29, 0.717) is 10.6 Å². The van der Waals surface area contributed by atoms with Crippen molar-refractivity contribution < 1.29 is 4.79 Å². The zero-order valence-electron chi connectivity index (χ0n) is 9.46. The van der Waals surface area contributed by atoms with Crippen LogP contribution in [0.1, 0.15) is 30.6 Å². The molecule has 1 aromatic rings. The lowest BCUT2D eigenvalue weighted by Gasteiger charge is -2.35. The number of fused-ring (bicyclic) bond motifs is 1. The van der Waals surface area contributed by atoms with Crippen LogP contribution in [0.5, 0.6) is 0 Å². The van der Waals surface area contributed by atoms with Crippen LogP contribution in [-0.2, 0) is 0 Å². The van der Waals surface area contributed by atoms with Crippen LogP contribution in [0.25, 0.3) is 0 Å². The summed E-state index contributed by atoms with van der Waals surface area (Å²) in [4.78, 5) is 14.0. The highest BCUT2D eigenvalue weighted by Gasteiger charge is 2.28. The minimum Gasteiger partial charge on any atom is -0.365 e. The van der Waals surface area contributed by atoms with Crippen molar-refractivity contribution in [2.45, 2.75) is 26.4 Å². The van der Waals surface area contributed by atoms with Gasteiger partial charge in [0.15, 0.2) is 0 Å². The molecule has 4 heteroatoms. The molecule has 86 valence electrons. The molecule has 0 bridgehead atoms. The van der Waals surface area contributed by atoms with Gasteiger partial charge in [-0.15, -0.1) is 0 Å². The van der Waals surface area contributed by atoms with E-state index in [1.165, 1.54) is 0 Å².